The number of amides is 2. The highest BCUT2D eigenvalue weighted by Gasteiger charge is 2.44. The van der Waals surface area contributed by atoms with Crippen molar-refractivity contribution in [3.05, 3.63) is 54.1 Å². The average Bonchev–Trinajstić information content (AvgIpc) is 3.40. The lowest BCUT2D eigenvalue weighted by atomic mass is 10.1. The number of aliphatic hydroxyl groups is 1. The van der Waals surface area contributed by atoms with Crippen molar-refractivity contribution in [1.29, 1.82) is 0 Å². The molecule has 2 aromatic rings. The van der Waals surface area contributed by atoms with Crippen molar-refractivity contribution < 1.29 is 37.4 Å². The topological polar surface area (TPSA) is 134 Å². The predicted molar refractivity (Wildman–Crippen MR) is 153 cm³/mol. The second kappa shape index (κ2) is 13.0. The number of carbonyl (C=O) groups is 3. The van der Waals surface area contributed by atoms with Crippen molar-refractivity contribution in [2.24, 2.45) is 0 Å². The van der Waals surface area contributed by atoms with Gasteiger partial charge in [0.05, 0.1) is 11.5 Å². The Kier molecular flexibility index (Phi) is 10.2. The fraction of sp³-hybridized carbons (Fsp3) is 0.483. The number of hydrogen-bond donors (Lipinski definition) is 1. The van der Waals surface area contributed by atoms with Crippen LogP contribution in [0.4, 0.5) is 10.5 Å². The second-order valence-electron chi connectivity index (χ2n) is 11.0. The smallest absolute Gasteiger partial charge is 0.415 e. The molecule has 41 heavy (non-hydrogen) atoms. The van der Waals surface area contributed by atoms with Crippen molar-refractivity contribution in [1.82, 2.24) is 9.21 Å². The van der Waals surface area contributed by atoms with Crippen molar-refractivity contribution in [2.75, 3.05) is 31.6 Å². The summed E-state index contributed by atoms with van der Waals surface area (Å²) < 4.78 is 39.2. The molecule has 12 heteroatoms. The summed E-state index contributed by atoms with van der Waals surface area (Å²) in [5.74, 6) is -1.04. The number of anilines is 1. The molecule has 0 aliphatic carbocycles. The van der Waals surface area contributed by atoms with Gasteiger partial charge in [0.2, 0.25) is 15.9 Å². The van der Waals surface area contributed by atoms with Crippen LogP contribution < -0.4 is 9.64 Å². The molecule has 0 radical (unpaired) electrons. The van der Waals surface area contributed by atoms with Crippen LogP contribution in [0.15, 0.2) is 53.4 Å². The molecule has 1 N–H and O–H groups in total. The number of aryl methyl sites for hydroxylation is 1. The van der Waals surface area contributed by atoms with E-state index in [1.165, 1.54) is 64.5 Å². The molecule has 2 atom stereocenters. The summed E-state index contributed by atoms with van der Waals surface area (Å²) in [6.45, 7) is 8.57. The fourth-order valence-electron chi connectivity index (χ4n) is 4.41. The van der Waals surface area contributed by atoms with E-state index in [1.54, 1.807) is 32.9 Å². The van der Waals surface area contributed by atoms with Crippen LogP contribution in [-0.4, -0.2) is 85.1 Å². The number of sulfonamides is 1. The van der Waals surface area contributed by atoms with Gasteiger partial charge in [-0.3, -0.25) is 9.69 Å². The van der Waals surface area contributed by atoms with E-state index < -0.39 is 45.7 Å². The molecule has 2 aromatic carbocycles. The third-order valence-corrected chi connectivity index (χ3v) is 8.48. The minimum atomic E-state index is -3.98. The molecule has 11 nitrogen and oxygen atoms in total. The van der Waals surface area contributed by atoms with Gasteiger partial charge in [-0.2, -0.15) is 4.31 Å². The van der Waals surface area contributed by atoms with Crippen LogP contribution in [0.1, 0.15) is 46.1 Å². The van der Waals surface area contributed by atoms with Gasteiger partial charge in [-0.1, -0.05) is 17.7 Å². The van der Waals surface area contributed by atoms with Crippen LogP contribution in [0.3, 0.4) is 0 Å². The number of hydrogen-bond acceptors (Lipinski definition) is 8. The van der Waals surface area contributed by atoms with E-state index in [0.29, 0.717) is 12.1 Å². The number of carbonyl (C=O) groups excluding carboxylic acids is 3. The number of ether oxygens (including phenoxy) is 2. The molecule has 1 saturated heterocycles. The van der Waals surface area contributed by atoms with Gasteiger partial charge in [0, 0.05) is 25.8 Å². The number of benzene rings is 2. The molecule has 0 bridgehead atoms. The van der Waals surface area contributed by atoms with E-state index in [9.17, 15) is 22.8 Å². The molecule has 2 amide bonds. The van der Waals surface area contributed by atoms with Crippen LogP contribution >= 0.6 is 0 Å². The van der Waals surface area contributed by atoms with Gasteiger partial charge in [-0.15, -0.1) is 0 Å². The molecule has 224 valence electrons. The molecular formula is C29H39N3O8S. The summed E-state index contributed by atoms with van der Waals surface area (Å²) in [6.07, 6.45) is 0.0885. The van der Waals surface area contributed by atoms with Crippen molar-refractivity contribution in [3.8, 4) is 5.75 Å². The van der Waals surface area contributed by atoms with Crippen LogP contribution in [0, 0.1) is 6.92 Å². The summed E-state index contributed by atoms with van der Waals surface area (Å²) in [6, 6.07) is 10.3. The van der Waals surface area contributed by atoms with Gasteiger partial charge in [0.25, 0.3) is 0 Å². The molecule has 0 aromatic heterocycles. The van der Waals surface area contributed by atoms with Gasteiger partial charge in [0.1, 0.15) is 23.4 Å². The van der Waals surface area contributed by atoms with E-state index in [4.69, 9.17) is 14.6 Å². The first-order chi connectivity index (χ1) is 19.2. The first-order valence-electron chi connectivity index (χ1n) is 13.4. The van der Waals surface area contributed by atoms with Gasteiger partial charge >= 0.3 is 12.1 Å². The molecule has 0 unspecified atom stereocenters. The summed E-state index contributed by atoms with van der Waals surface area (Å²) in [5.41, 5.74) is 0.397. The molecule has 1 aliphatic rings. The minimum absolute atomic E-state index is 0.0897. The maximum Gasteiger partial charge on any atom is 0.415 e. The summed E-state index contributed by atoms with van der Waals surface area (Å²) in [5, 5.41) is 9.04. The van der Waals surface area contributed by atoms with Gasteiger partial charge in [-0.05, 0) is 83.9 Å². The van der Waals surface area contributed by atoms with E-state index in [1.807, 2.05) is 6.92 Å². The van der Waals surface area contributed by atoms with Gasteiger partial charge < -0.3 is 19.5 Å². The molecule has 3 rings (SSSR count). The van der Waals surface area contributed by atoms with E-state index in [-0.39, 0.29) is 36.8 Å². The maximum absolute atomic E-state index is 14.1. The maximum atomic E-state index is 14.1. The average molecular weight is 590 g/mol. The first kappa shape index (κ1) is 32.0. The van der Waals surface area contributed by atoms with Gasteiger partial charge in [-0.25, -0.2) is 18.0 Å². The Balaban J connectivity index is 1.95. The Morgan fingerprint density at radius 3 is 2.24 bits per heavy atom. The highest BCUT2D eigenvalue weighted by atomic mass is 32.2. The summed E-state index contributed by atoms with van der Waals surface area (Å²) in [4.78, 5) is 42.0. The van der Waals surface area contributed by atoms with Crippen LogP contribution in [0.5, 0.6) is 5.75 Å². The molecule has 1 aliphatic heterocycles. The fourth-order valence-corrected chi connectivity index (χ4v) is 6.06. The Morgan fingerprint density at radius 1 is 1.07 bits per heavy atom. The van der Waals surface area contributed by atoms with E-state index in [0.717, 1.165) is 5.56 Å². The largest absolute Gasteiger partial charge is 0.458 e. The minimum Gasteiger partial charge on any atom is -0.458 e. The molecule has 1 heterocycles. The Bertz CT molecular complexity index is 1340. The third kappa shape index (κ3) is 7.84. The zero-order chi connectivity index (χ0) is 30.5. The third-order valence-electron chi connectivity index (χ3n) is 6.56. The number of aliphatic hydroxyl groups excluding tert-OH is 1. The zero-order valence-corrected chi connectivity index (χ0v) is 25.2. The van der Waals surface area contributed by atoms with E-state index >= 15 is 0 Å². The van der Waals surface area contributed by atoms with Crippen LogP contribution in [-0.2, 0) is 24.3 Å². The first-order valence-corrected chi connectivity index (χ1v) is 14.9. The number of likely N-dealkylation sites (N-methyl/N-ethyl adjacent to an activating group) is 1. The number of esters is 1. The van der Waals surface area contributed by atoms with Crippen LogP contribution in [0.25, 0.3) is 0 Å². The van der Waals surface area contributed by atoms with Crippen molar-refractivity contribution in [3.63, 3.8) is 0 Å². The molecule has 0 spiro atoms. The second-order valence-corrected chi connectivity index (χ2v) is 12.9. The number of rotatable bonds is 9. The van der Waals surface area contributed by atoms with Crippen molar-refractivity contribution >= 4 is 33.7 Å². The zero-order valence-electron chi connectivity index (χ0n) is 24.4. The monoisotopic (exact) mass is 589 g/mol. The summed E-state index contributed by atoms with van der Waals surface area (Å²) >= 11 is 0. The summed E-state index contributed by atoms with van der Waals surface area (Å²) in [7, 11) is -2.50. The SMILES string of the molecule is Cc1ccc(S(=O)(=O)N2CCC[C@H]2C(=O)N(c2ccc(OC(=O)N(C)CCO)cc2)[C@@H](C)C(=O)OC(C)(C)C)cc1. The predicted octanol–water partition coefficient (Wildman–Crippen LogP) is 3.33. The lowest BCUT2D eigenvalue weighted by Crippen LogP contribution is -2.53. The quantitative estimate of drug-likeness (QED) is 0.441. The Labute approximate surface area is 241 Å². The van der Waals surface area contributed by atoms with Crippen molar-refractivity contribution in [2.45, 2.75) is 70.0 Å². The lowest BCUT2D eigenvalue weighted by Gasteiger charge is -2.34. The number of nitrogens with zero attached hydrogens (tertiary/aromatic N) is 3. The van der Waals surface area contributed by atoms with E-state index in [2.05, 4.69) is 0 Å². The van der Waals surface area contributed by atoms with Crippen LogP contribution in [0.2, 0.25) is 0 Å². The Hall–Kier alpha value is -3.48. The van der Waals surface area contributed by atoms with Gasteiger partial charge in [0.15, 0.2) is 0 Å². The standard InChI is InChI=1S/C29H39N3O8S/c1-20-9-15-24(16-10-20)41(37,38)31-17-7-8-25(31)26(34)32(21(2)27(35)40-29(3,4)5)22-11-13-23(14-12-22)39-28(36)30(6)18-19-33/h9-16,21,25,33H,7-8,17-19H2,1-6H3/t21-,25-/m0/s1. The molecular weight excluding hydrogens is 550 g/mol. The highest BCUT2D eigenvalue weighted by molar-refractivity contribution is 7.89. The highest BCUT2D eigenvalue weighted by Crippen LogP contribution is 2.31. The Morgan fingerprint density at radius 2 is 1.68 bits per heavy atom. The lowest BCUT2D eigenvalue weighted by molar-refractivity contribution is -0.157. The molecule has 0 saturated carbocycles. The molecule has 1 fully saturated rings. The normalized spacial score (nSPS) is 16.6.